The second kappa shape index (κ2) is 10.7. The molecule has 0 aromatic carbocycles. The third-order valence-corrected chi connectivity index (χ3v) is 6.02. The van der Waals surface area contributed by atoms with Crippen LogP contribution in [-0.4, -0.2) is 75.3 Å². The van der Waals surface area contributed by atoms with Crippen molar-refractivity contribution in [2.24, 2.45) is 12.0 Å². The highest BCUT2D eigenvalue weighted by Gasteiger charge is 2.21. The second-order valence-corrected chi connectivity index (χ2v) is 8.33. The number of guanidine groups is 1. The number of hydrogen-bond donors (Lipinski definition) is 1. The molecule has 158 valence electrons. The summed E-state index contributed by atoms with van der Waals surface area (Å²) in [6, 6.07) is 1.98. The van der Waals surface area contributed by atoms with Crippen LogP contribution in [-0.2, 0) is 13.6 Å². The van der Waals surface area contributed by atoms with Gasteiger partial charge in [-0.15, -0.1) is 10.2 Å². The number of hydrogen-bond acceptors (Lipinski definition) is 6. The molecule has 1 saturated heterocycles. The number of thioether (sulfide) groups is 1. The van der Waals surface area contributed by atoms with Gasteiger partial charge in [0.1, 0.15) is 12.4 Å². The lowest BCUT2D eigenvalue weighted by atomic mass is 10.2. The van der Waals surface area contributed by atoms with Gasteiger partial charge in [-0.3, -0.25) is 4.98 Å². The summed E-state index contributed by atoms with van der Waals surface area (Å²) in [5.41, 5.74) is 1.04. The smallest absolute Gasteiger partial charge is 0.194 e. The van der Waals surface area contributed by atoms with E-state index in [9.17, 15) is 0 Å². The third kappa shape index (κ3) is 5.76. The molecule has 3 heterocycles. The van der Waals surface area contributed by atoms with Crippen molar-refractivity contribution in [3.05, 3.63) is 35.1 Å². The van der Waals surface area contributed by atoms with Crippen LogP contribution < -0.4 is 10.2 Å². The van der Waals surface area contributed by atoms with Crippen LogP contribution in [0.25, 0.3) is 0 Å². The van der Waals surface area contributed by atoms with Crippen LogP contribution >= 0.6 is 23.4 Å². The molecule has 2 aromatic heterocycles. The van der Waals surface area contributed by atoms with Crippen LogP contribution in [0.4, 0.5) is 5.69 Å². The Hall–Kier alpha value is -2.00. The van der Waals surface area contributed by atoms with Crippen molar-refractivity contribution in [1.82, 2.24) is 30.0 Å². The zero-order valence-corrected chi connectivity index (χ0v) is 18.9. The number of aliphatic imine (C=N–C) groups is 1. The van der Waals surface area contributed by atoms with Crippen LogP contribution in [0.5, 0.6) is 0 Å². The van der Waals surface area contributed by atoms with E-state index in [2.05, 4.69) is 36.6 Å². The van der Waals surface area contributed by atoms with Gasteiger partial charge >= 0.3 is 0 Å². The van der Waals surface area contributed by atoms with Crippen LogP contribution in [0.2, 0.25) is 5.02 Å². The standard InChI is InChI=1S/C19H29ClN8S/c1-15-24-25-18(26(15)2)14-23-19(22-6-4-12-29-3)28-10-8-27(9-11-28)17-5-7-21-13-16(17)20/h5,7,13H,4,6,8-12,14H2,1-3H3,(H,22,23). The lowest BCUT2D eigenvalue weighted by Gasteiger charge is -2.38. The van der Waals surface area contributed by atoms with Gasteiger partial charge in [0.15, 0.2) is 11.8 Å². The van der Waals surface area contributed by atoms with Crippen molar-refractivity contribution in [1.29, 1.82) is 0 Å². The predicted molar refractivity (Wildman–Crippen MR) is 121 cm³/mol. The molecule has 29 heavy (non-hydrogen) atoms. The predicted octanol–water partition coefficient (Wildman–Crippen LogP) is 2.19. The molecule has 0 aliphatic carbocycles. The fraction of sp³-hybridized carbons (Fsp3) is 0.579. The van der Waals surface area contributed by atoms with E-state index in [1.54, 1.807) is 12.4 Å². The number of aryl methyl sites for hydroxylation is 1. The van der Waals surface area contributed by atoms with Crippen LogP contribution in [0.1, 0.15) is 18.1 Å². The number of nitrogens with one attached hydrogen (secondary N) is 1. The number of rotatable bonds is 7. The summed E-state index contributed by atoms with van der Waals surface area (Å²) in [5.74, 6) is 3.84. The fourth-order valence-corrected chi connectivity index (χ4v) is 3.87. The van der Waals surface area contributed by atoms with Gasteiger partial charge in [-0.1, -0.05) is 11.6 Å². The molecule has 0 unspecified atom stereocenters. The number of piperazine rings is 1. The molecule has 1 aliphatic rings. The van der Waals surface area contributed by atoms with Gasteiger partial charge in [-0.05, 0) is 31.4 Å². The van der Waals surface area contributed by atoms with E-state index >= 15 is 0 Å². The van der Waals surface area contributed by atoms with E-state index in [0.29, 0.717) is 11.6 Å². The molecule has 1 aliphatic heterocycles. The first-order valence-electron chi connectivity index (χ1n) is 9.81. The van der Waals surface area contributed by atoms with Crippen molar-refractivity contribution in [2.45, 2.75) is 19.9 Å². The summed E-state index contributed by atoms with van der Waals surface area (Å²) in [4.78, 5) is 13.5. The highest BCUT2D eigenvalue weighted by atomic mass is 35.5. The Morgan fingerprint density at radius 1 is 1.28 bits per heavy atom. The highest BCUT2D eigenvalue weighted by Crippen LogP contribution is 2.25. The Kier molecular flexibility index (Phi) is 8.00. The molecule has 3 rings (SSSR count). The molecule has 8 nitrogen and oxygen atoms in total. The van der Waals surface area contributed by atoms with Gasteiger partial charge in [0.25, 0.3) is 0 Å². The van der Waals surface area contributed by atoms with Gasteiger partial charge in [0.2, 0.25) is 0 Å². The Balaban J connectivity index is 1.65. The summed E-state index contributed by atoms with van der Waals surface area (Å²) in [7, 11) is 1.98. The number of pyridine rings is 1. The van der Waals surface area contributed by atoms with Gasteiger partial charge in [-0.25, -0.2) is 4.99 Å². The zero-order chi connectivity index (χ0) is 20.6. The minimum Gasteiger partial charge on any atom is -0.367 e. The summed E-state index contributed by atoms with van der Waals surface area (Å²) < 4.78 is 1.98. The van der Waals surface area contributed by atoms with E-state index in [4.69, 9.17) is 16.6 Å². The molecular weight excluding hydrogens is 408 g/mol. The molecule has 0 amide bonds. The lowest BCUT2D eigenvalue weighted by molar-refractivity contribution is 0.371. The van der Waals surface area contributed by atoms with Crippen molar-refractivity contribution in [3.8, 4) is 0 Å². The molecule has 0 saturated carbocycles. The average Bonchev–Trinajstić information content (AvgIpc) is 3.06. The van der Waals surface area contributed by atoms with Crippen molar-refractivity contribution < 1.29 is 0 Å². The van der Waals surface area contributed by atoms with Crippen molar-refractivity contribution >= 4 is 35.0 Å². The van der Waals surface area contributed by atoms with E-state index in [-0.39, 0.29) is 0 Å². The summed E-state index contributed by atoms with van der Waals surface area (Å²) in [5, 5.41) is 12.6. The molecule has 0 spiro atoms. The number of nitrogens with zero attached hydrogens (tertiary/aromatic N) is 7. The minimum absolute atomic E-state index is 0.512. The summed E-state index contributed by atoms with van der Waals surface area (Å²) >= 11 is 8.18. The van der Waals surface area contributed by atoms with Crippen LogP contribution in [0.15, 0.2) is 23.5 Å². The Morgan fingerprint density at radius 3 is 2.72 bits per heavy atom. The highest BCUT2D eigenvalue weighted by molar-refractivity contribution is 7.98. The maximum atomic E-state index is 6.32. The SMILES string of the molecule is CSCCCNC(=NCc1nnc(C)n1C)N1CCN(c2ccncc2Cl)CC1. The Morgan fingerprint density at radius 2 is 2.07 bits per heavy atom. The van der Waals surface area contributed by atoms with Gasteiger partial charge in [-0.2, -0.15) is 11.8 Å². The molecule has 0 bridgehead atoms. The van der Waals surface area contributed by atoms with Gasteiger partial charge < -0.3 is 19.7 Å². The van der Waals surface area contributed by atoms with Crippen LogP contribution in [0, 0.1) is 6.92 Å². The van der Waals surface area contributed by atoms with Gasteiger partial charge in [0.05, 0.1) is 10.7 Å². The summed E-state index contributed by atoms with van der Waals surface area (Å²) in [6.45, 7) is 6.91. The van der Waals surface area contributed by atoms with E-state index in [0.717, 1.165) is 68.2 Å². The molecule has 1 fully saturated rings. The number of anilines is 1. The number of aromatic nitrogens is 4. The maximum Gasteiger partial charge on any atom is 0.194 e. The fourth-order valence-electron chi connectivity index (χ4n) is 3.20. The molecule has 0 atom stereocenters. The minimum atomic E-state index is 0.512. The normalized spacial score (nSPS) is 15.1. The van der Waals surface area contributed by atoms with Crippen LogP contribution in [0.3, 0.4) is 0 Å². The molecule has 10 heteroatoms. The second-order valence-electron chi connectivity index (χ2n) is 6.94. The van der Waals surface area contributed by atoms with Crippen molar-refractivity contribution in [2.75, 3.05) is 49.6 Å². The third-order valence-electron chi connectivity index (χ3n) is 5.03. The molecular formula is C19H29ClN8S. The Labute approximate surface area is 181 Å². The first-order chi connectivity index (χ1) is 14.1. The first kappa shape index (κ1) is 21.7. The van der Waals surface area contributed by atoms with E-state index in [1.165, 1.54) is 0 Å². The maximum absolute atomic E-state index is 6.32. The largest absolute Gasteiger partial charge is 0.367 e. The van der Waals surface area contributed by atoms with Crippen molar-refractivity contribution in [3.63, 3.8) is 0 Å². The van der Waals surface area contributed by atoms with Gasteiger partial charge in [0, 0.05) is 52.2 Å². The van der Waals surface area contributed by atoms with E-state index in [1.807, 2.05) is 36.4 Å². The summed E-state index contributed by atoms with van der Waals surface area (Å²) in [6.07, 6.45) is 6.73. The quantitative estimate of drug-likeness (QED) is 0.405. The number of halogens is 1. The molecule has 2 aromatic rings. The monoisotopic (exact) mass is 436 g/mol. The average molecular weight is 437 g/mol. The molecule has 0 radical (unpaired) electrons. The molecule has 1 N–H and O–H groups in total. The first-order valence-corrected chi connectivity index (χ1v) is 11.6. The Bertz CT molecular complexity index is 816. The van der Waals surface area contributed by atoms with E-state index < -0.39 is 0 Å². The zero-order valence-electron chi connectivity index (χ0n) is 17.3. The lowest BCUT2D eigenvalue weighted by Crippen LogP contribution is -2.52. The topological polar surface area (TPSA) is 74.5 Å².